The summed E-state index contributed by atoms with van der Waals surface area (Å²) in [6, 6.07) is 11.0. The number of imidazole rings is 2. The zero-order valence-electron chi connectivity index (χ0n) is 35.5. The summed E-state index contributed by atoms with van der Waals surface area (Å²) < 4.78 is 41.4. The number of benzene rings is 2. The zero-order chi connectivity index (χ0) is 44.1. The fraction of sp³-hybridized carbons (Fsp3) is 0.432. The highest BCUT2D eigenvalue weighted by Crippen LogP contribution is 2.38. The number of ether oxygens (including phenoxy) is 2. The monoisotopic (exact) mass is 852 g/mol. The van der Waals surface area contributed by atoms with Crippen LogP contribution < -0.4 is 10.6 Å². The zero-order valence-corrected chi connectivity index (χ0v) is 35.5. The van der Waals surface area contributed by atoms with Crippen molar-refractivity contribution in [1.82, 2.24) is 49.8 Å². The molecule has 2 saturated heterocycles. The van der Waals surface area contributed by atoms with Gasteiger partial charge < -0.3 is 39.9 Å². The molecule has 4 aromatic heterocycles. The highest BCUT2D eigenvalue weighted by Gasteiger charge is 2.43. The average Bonchev–Trinajstić information content (AvgIpc) is 4.10. The molecule has 326 valence electrons. The maximum atomic E-state index is 14.9. The number of carbonyl (C=O) groups is 4. The third kappa shape index (κ3) is 7.77. The number of alkyl halides is 2. The lowest BCUT2D eigenvalue weighted by Crippen LogP contribution is -2.51. The fourth-order valence-electron chi connectivity index (χ4n) is 8.80. The van der Waals surface area contributed by atoms with Crippen LogP contribution in [-0.4, -0.2) is 115 Å². The molecule has 16 nitrogen and oxygen atoms in total. The van der Waals surface area contributed by atoms with E-state index in [1.807, 2.05) is 43.3 Å². The summed E-state index contributed by atoms with van der Waals surface area (Å²) in [5.41, 5.74) is 5.69. The molecule has 0 unspecified atom stereocenters. The van der Waals surface area contributed by atoms with Gasteiger partial charge in [-0.1, -0.05) is 45.9 Å². The lowest BCUT2D eigenvalue weighted by atomic mass is 10.0. The molecule has 4 N–H and O–H groups in total. The second kappa shape index (κ2) is 16.7. The van der Waals surface area contributed by atoms with E-state index in [0.29, 0.717) is 23.0 Å². The van der Waals surface area contributed by atoms with Gasteiger partial charge in [-0.2, -0.15) is 0 Å². The second-order valence-corrected chi connectivity index (χ2v) is 16.8. The second-order valence-electron chi connectivity index (χ2n) is 16.8. The number of halogens is 2. The van der Waals surface area contributed by atoms with Crippen molar-refractivity contribution in [2.45, 2.75) is 84.0 Å². The average molecular weight is 853 g/mol. The van der Waals surface area contributed by atoms with Crippen molar-refractivity contribution in [2.24, 2.45) is 11.8 Å². The Balaban J connectivity index is 1.05. The van der Waals surface area contributed by atoms with Crippen LogP contribution in [0.2, 0.25) is 0 Å². The van der Waals surface area contributed by atoms with E-state index < -0.39 is 60.5 Å². The summed E-state index contributed by atoms with van der Waals surface area (Å²) >= 11 is 0. The topological polar surface area (TPSA) is 192 Å². The SMILES string of the molecule is COC(=O)N[C@H](C(=O)N1C[C@H](F)C[C@H]1c1ncc(-c2ccc3c(c2)cc2c4ccc(-c5cnc([C@@H]6C[C@@H](F)CN6C(=O)[C@@H](NC(=O)OC)C(C)C)[nH]5)cc4nc(C)n32)[nH]1)C(C)C. The predicted molar refractivity (Wildman–Crippen MR) is 226 cm³/mol. The van der Waals surface area contributed by atoms with Crippen LogP contribution >= 0.6 is 0 Å². The van der Waals surface area contributed by atoms with E-state index >= 15 is 0 Å². The number of methoxy groups -OCH3 is 2. The van der Waals surface area contributed by atoms with Crippen LogP contribution in [0.15, 0.2) is 54.9 Å². The largest absolute Gasteiger partial charge is 0.453 e. The summed E-state index contributed by atoms with van der Waals surface area (Å²) in [5, 5.41) is 7.05. The molecule has 0 aliphatic carbocycles. The van der Waals surface area contributed by atoms with Gasteiger partial charge in [-0.25, -0.2) is 33.3 Å². The molecule has 2 fully saturated rings. The molecule has 6 aromatic rings. The number of carbonyl (C=O) groups excluding carboxylic acids is 4. The Bertz CT molecular complexity index is 2690. The van der Waals surface area contributed by atoms with Gasteiger partial charge in [0.2, 0.25) is 11.8 Å². The third-order valence-corrected chi connectivity index (χ3v) is 12.0. The number of aromatic nitrogens is 6. The van der Waals surface area contributed by atoms with Gasteiger partial charge in [-0.3, -0.25) is 14.0 Å². The lowest BCUT2D eigenvalue weighted by Gasteiger charge is -2.29. The molecule has 6 heterocycles. The Morgan fingerprint density at radius 1 is 0.726 bits per heavy atom. The van der Waals surface area contributed by atoms with Crippen LogP contribution in [0.25, 0.3) is 49.8 Å². The maximum absolute atomic E-state index is 14.9. The van der Waals surface area contributed by atoms with Gasteiger partial charge in [0.15, 0.2) is 0 Å². The fourth-order valence-corrected chi connectivity index (χ4v) is 8.80. The van der Waals surface area contributed by atoms with E-state index in [0.717, 1.165) is 44.3 Å². The van der Waals surface area contributed by atoms with Crippen LogP contribution in [0.4, 0.5) is 18.4 Å². The van der Waals surface area contributed by atoms with E-state index in [1.54, 1.807) is 40.1 Å². The van der Waals surface area contributed by atoms with Crippen molar-refractivity contribution in [3.05, 3.63) is 72.3 Å². The number of alkyl carbamates (subject to hydrolysis) is 2. The Morgan fingerprint density at radius 3 is 1.73 bits per heavy atom. The Labute approximate surface area is 355 Å². The standard InChI is InChI=1S/C44H50F2N10O6/c1-21(2)37(52-43(59)61-6)41(57)54-19-27(45)15-35(54)39-47-17-31(50-39)24-9-11-33-26(12-24)14-34-29-10-8-25(13-30(29)49-23(5)56(33)34)32-18-48-40(51-32)36-16-28(46)20-55(36)42(58)38(22(3)4)53-44(60)62-7/h8-14,17-18,21-22,27-28,35-38H,15-16,19-20H2,1-7H3,(H,47,50)(H,48,51)(H,52,59)(H,53,60)/t27-,28-,35+,36+,37+,38+/m1/s1. The molecule has 0 spiro atoms. The van der Waals surface area contributed by atoms with E-state index in [1.165, 1.54) is 24.0 Å². The van der Waals surface area contributed by atoms with Crippen molar-refractivity contribution in [1.29, 1.82) is 0 Å². The first kappa shape index (κ1) is 42.1. The van der Waals surface area contributed by atoms with E-state index in [9.17, 15) is 28.0 Å². The van der Waals surface area contributed by atoms with Gasteiger partial charge in [-0.15, -0.1) is 0 Å². The number of aromatic amines is 2. The minimum atomic E-state index is -1.25. The van der Waals surface area contributed by atoms with E-state index in [2.05, 4.69) is 41.0 Å². The normalized spacial score (nSPS) is 20.1. The van der Waals surface area contributed by atoms with Gasteiger partial charge in [0, 0.05) is 34.7 Å². The number of likely N-dealkylation sites (tertiary alicyclic amines) is 2. The Hall–Kier alpha value is -6.59. The van der Waals surface area contributed by atoms with Crippen LogP contribution in [0.3, 0.4) is 0 Å². The molecule has 2 aromatic carbocycles. The molecule has 18 heteroatoms. The van der Waals surface area contributed by atoms with E-state index in [-0.39, 0.29) is 37.8 Å². The number of fused-ring (bicyclic) bond motifs is 5. The molecular weight excluding hydrogens is 803 g/mol. The van der Waals surface area contributed by atoms with E-state index in [4.69, 9.17) is 14.5 Å². The van der Waals surface area contributed by atoms with Crippen molar-refractivity contribution < 1.29 is 37.4 Å². The van der Waals surface area contributed by atoms with Gasteiger partial charge in [-0.05, 0) is 43.0 Å². The summed E-state index contributed by atoms with van der Waals surface area (Å²) in [4.78, 5) is 75.0. The molecule has 2 aliphatic rings. The van der Waals surface area contributed by atoms with Gasteiger partial charge in [0.25, 0.3) is 0 Å². The maximum Gasteiger partial charge on any atom is 0.407 e. The number of rotatable bonds is 10. The van der Waals surface area contributed by atoms with Gasteiger partial charge in [0.05, 0.1) is 79.7 Å². The number of hydrogen-bond donors (Lipinski definition) is 4. The highest BCUT2D eigenvalue weighted by atomic mass is 19.1. The molecule has 0 saturated carbocycles. The smallest absolute Gasteiger partial charge is 0.407 e. The Morgan fingerprint density at radius 2 is 1.23 bits per heavy atom. The minimum absolute atomic E-state index is 0.0688. The molecule has 2 aliphatic heterocycles. The summed E-state index contributed by atoms with van der Waals surface area (Å²) in [6.45, 7) is 8.92. The molecule has 8 rings (SSSR count). The number of nitrogens with one attached hydrogen (secondary N) is 4. The summed E-state index contributed by atoms with van der Waals surface area (Å²) in [7, 11) is 2.45. The number of nitrogens with zero attached hydrogens (tertiary/aromatic N) is 6. The van der Waals surface area contributed by atoms with Crippen molar-refractivity contribution >= 4 is 51.3 Å². The van der Waals surface area contributed by atoms with Crippen LogP contribution in [0, 0.1) is 18.8 Å². The Kier molecular flexibility index (Phi) is 11.3. The number of H-pyrrole nitrogens is 2. The predicted octanol–water partition coefficient (Wildman–Crippen LogP) is 6.71. The lowest BCUT2D eigenvalue weighted by molar-refractivity contribution is -0.136. The summed E-state index contributed by atoms with van der Waals surface area (Å²) in [6.07, 6.45) is -0.483. The highest BCUT2D eigenvalue weighted by molar-refractivity contribution is 6.03. The molecular formula is C44H50F2N10O6. The molecule has 6 atom stereocenters. The van der Waals surface area contributed by atoms with Crippen LogP contribution in [-0.2, 0) is 19.1 Å². The molecule has 4 amide bonds. The van der Waals surface area contributed by atoms with Gasteiger partial charge in [0.1, 0.15) is 41.9 Å². The number of aryl methyl sites for hydroxylation is 1. The van der Waals surface area contributed by atoms with Crippen molar-refractivity contribution in [3.63, 3.8) is 0 Å². The first-order valence-electron chi connectivity index (χ1n) is 20.7. The van der Waals surface area contributed by atoms with Crippen LogP contribution in [0.1, 0.15) is 70.1 Å². The molecule has 0 bridgehead atoms. The molecule has 0 radical (unpaired) electrons. The quantitative estimate of drug-likeness (QED) is 0.116. The summed E-state index contributed by atoms with van der Waals surface area (Å²) in [5.74, 6) is 0.337. The number of hydrogen-bond acceptors (Lipinski definition) is 9. The van der Waals surface area contributed by atoms with Crippen molar-refractivity contribution in [2.75, 3.05) is 27.3 Å². The van der Waals surface area contributed by atoms with Crippen LogP contribution in [0.5, 0.6) is 0 Å². The first-order valence-corrected chi connectivity index (χ1v) is 20.7. The van der Waals surface area contributed by atoms with Crippen molar-refractivity contribution in [3.8, 4) is 22.5 Å². The molecule has 62 heavy (non-hydrogen) atoms. The third-order valence-electron chi connectivity index (χ3n) is 12.0. The number of amides is 4. The minimum Gasteiger partial charge on any atom is -0.453 e. The first-order chi connectivity index (χ1) is 29.6. The van der Waals surface area contributed by atoms with Gasteiger partial charge >= 0.3 is 12.2 Å².